The normalized spacial score (nSPS) is 14.2. The van der Waals surface area contributed by atoms with Gasteiger partial charge in [-0.3, -0.25) is 0 Å². The number of nitrogens with zero attached hydrogens (tertiary/aromatic N) is 1. The van der Waals surface area contributed by atoms with Crippen molar-refractivity contribution in [3.05, 3.63) is 51.2 Å². The zero-order valence-corrected chi connectivity index (χ0v) is 12.3. The Bertz CT molecular complexity index is 609. The summed E-state index contributed by atoms with van der Waals surface area (Å²) in [7, 11) is 0. The van der Waals surface area contributed by atoms with Gasteiger partial charge in [-0.05, 0) is 31.5 Å². The van der Waals surface area contributed by atoms with Gasteiger partial charge >= 0.3 is 0 Å². The number of nitrogens with one attached hydrogen (secondary N) is 1. The summed E-state index contributed by atoms with van der Waals surface area (Å²) >= 11 is 1.49. The van der Waals surface area contributed by atoms with Crippen molar-refractivity contribution in [2.45, 2.75) is 25.9 Å². The Hall–Kier alpha value is -1.44. The average Bonchev–Trinajstić information content (AvgIpc) is 2.88. The molecule has 0 spiro atoms. The summed E-state index contributed by atoms with van der Waals surface area (Å²) in [5.41, 5.74) is 0.155. The standard InChI is InChI=1S/C14H15F3N2OS/c1-7(13-5-18-8(2)21-13)19-12(6-20)9-3-10(15)14(17)11(16)4-9/h3-5,7,12,19-20H,6H2,1-2H3. The Labute approximate surface area is 124 Å². The van der Waals surface area contributed by atoms with E-state index in [9.17, 15) is 18.3 Å². The SMILES string of the molecule is Cc1ncc(C(C)NC(CO)c2cc(F)c(F)c(F)c2)s1. The summed E-state index contributed by atoms with van der Waals surface area (Å²) < 4.78 is 39.5. The van der Waals surface area contributed by atoms with Crippen molar-refractivity contribution in [1.29, 1.82) is 0 Å². The molecule has 2 atom stereocenters. The maximum atomic E-state index is 13.3. The summed E-state index contributed by atoms with van der Waals surface area (Å²) in [6.07, 6.45) is 1.71. The van der Waals surface area contributed by atoms with E-state index in [2.05, 4.69) is 10.3 Å². The van der Waals surface area contributed by atoms with Crippen molar-refractivity contribution >= 4 is 11.3 Å². The van der Waals surface area contributed by atoms with E-state index in [1.165, 1.54) is 11.3 Å². The van der Waals surface area contributed by atoms with Crippen molar-refractivity contribution in [2.24, 2.45) is 0 Å². The van der Waals surface area contributed by atoms with E-state index < -0.39 is 23.5 Å². The third-order valence-electron chi connectivity index (χ3n) is 3.11. The zero-order valence-electron chi connectivity index (χ0n) is 11.5. The first-order valence-corrected chi connectivity index (χ1v) is 7.17. The minimum absolute atomic E-state index is 0.155. The smallest absolute Gasteiger partial charge is 0.194 e. The molecule has 0 aliphatic heterocycles. The van der Waals surface area contributed by atoms with Gasteiger partial charge in [0.15, 0.2) is 17.5 Å². The molecule has 114 valence electrons. The fraction of sp³-hybridized carbons (Fsp3) is 0.357. The van der Waals surface area contributed by atoms with Crippen LogP contribution in [0, 0.1) is 24.4 Å². The lowest BCUT2D eigenvalue weighted by Gasteiger charge is -2.21. The molecule has 2 unspecified atom stereocenters. The Morgan fingerprint density at radius 1 is 1.29 bits per heavy atom. The van der Waals surface area contributed by atoms with Gasteiger partial charge in [-0.15, -0.1) is 11.3 Å². The van der Waals surface area contributed by atoms with Crippen LogP contribution in [0.4, 0.5) is 13.2 Å². The van der Waals surface area contributed by atoms with Crippen molar-refractivity contribution in [1.82, 2.24) is 10.3 Å². The first-order chi connectivity index (χ1) is 9.92. The van der Waals surface area contributed by atoms with Crippen LogP contribution in [0.5, 0.6) is 0 Å². The fourth-order valence-electron chi connectivity index (χ4n) is 1.99. The molecule has 0 aliphatic rings. The number of aromatic nitrogens is 1. The zero-order chi connectivity index (χ0) is 15.6. The third kappa shape index (κ3) is 3.61. The van der Waals surface area contributed by atoms with E-state index in [1.54, 1.807) is 6.20 Å². The largest absolute Gasteiger partial charge is 0.394 e. The predicted octanol–water partition coefficient (Wildman–Crippen LogP) is 3.25. The molecule has 0 saturated carbocycles. The Kier molecular flexibility index (Phi) is 4.97. The van der Waals surface area contributed by atoms with Crippen LogP contribution >= 0.6 is 11.3 Å². The van der Waals surface area contributed by atoms with Crippen molar-refractivity contribution in [3.63, 3.8) is 0 Å². The molecule has 0 radical (unpaired) electrons. The minimum Gasteiger partial charge on any atom is -0.394 e. The number of hydrogen-bond acceptors (Lipinski definition) is 4. The lowest BCUT2D eigenvalue weighted by Crippen LogP contribution is -2.27. The van der Waals surface area contributed by atoms with Crippen LogP contribution in [-0.4, -0.2) is 16.7 Å². The maximum Gasteiger partial charge on any atom is 0.194 e. The molecule has 0 amide bonds. The molecule has 7 heteroatoms. The molecule has 2 N–H and O–H groups in total. The molecule has 0 saturated heterocycles. The monoisotopic (exact) mass is 316 g/mol. The molecular formula is C14H15F3N2OS. The van der Waals surface area contributed by atoms with E-state index in [0.29, 0.717) is 0 Å². The topological polar surface area (TPSA) is 45.2 Å². The van der Waals surface area contributed by atoms with Gasteiger partial charge in [0.2, 0.25) is 0 Å². The molecule has 21 heavy (non-hydrogen) atoms. The minimum atomic E-state index is -1.51. The molecule has 1 aromatic heterocycles. The number of aryl methyl sites for hydroxylation is 1. The number of thiazole rings is 1. The van der Waals surface area contributed by atoms with Crippen molar-refractivity contribution in [2.75, 3.05) is 6.61 Å². The maximum absolute atomic E-state index is 13.3. The van der Waals surface area contributed by atoms with E-state index in [0.717, 1.165) is 22.0 Å². The first-order valence-electron chi connectivity index (χ1n) is 6.36. The van der Waals surface area contributed by atoms with Gasteiger partial charge in [-0.1, -0.05) is 0 Å². The summed E-state index contributed by atoms with van der Waals surface area (Å²) in [4.78, 5) is 5.07. The van der Waals surface area contributed by atoms with E-state index in [4.69, 9.17) is 0 Å². The van der Waals surface area contributed by atoms with Crippen LogP contribution in [0.2, 0.25) is 0 Å². The lowest BCUT2D eigenvalue weighted by atomic mass is 10.1. The molecule has 0 aliphatic carbocycles. The number of hydrogen-bond donors (Lipinski definition) is 2. The lowest BCUT2D eigenvalue weighted by molar-refractivity contribution is 0.235. The second-order valence-corrected chi connectivity index (χ2v) is 5.97. The Morgan fingerprint density at radius 2 is 1.90 bits per heavy atom. The number of rotatable bonds is 5. The van der Waals surface area contributed by atoms with Gasteiger partial charge < -0.3 is 10.4 Å². The predicted molar refractivity (Wildman–Crippen MR) is 74.5 cm³/mol. The van der Waals surface area contributed by atoms with Crippen LogP contribution in [0.1, 0.15) is 34.5 Å². The van der Waals surface area contributed by atoms with Crippen LogP contribution in [0.3, 0.4) is 0 Å². The van der Waals surface area contributed by atoms with Crippen LogP contribution < -0.4 is 5.32 Å². The van der Waals surface area contributed by atoms with Crippen LogP contribution in [0.15, 0.2) is 18.3 Å². The second kappa shape index (κ2) is 6.55. The molecule has 0 bridgehead atoms. The van der Waals surface area contributed by atoms with Crippen LogP contribution in [-0.2, 0) is 0 Å². The van der Waals surface area contributed by atoms with E-state index >= 15 is 0 Å². The van der Waals surface area contributed by atoms with Gasteiger partial charge in [0.25, 0.3) is 0 Å². The molecule has 3 nitrogen and oxygen atoms in total. The van der Waals surface area contributed by atoms with E-state index in [-0.39, 0.29) is 18.2 Å². The third-order valence-corrected chi connectivity index (χ3v) is 4.20. The first kappa shape index (κ1) is 15.9. The Balaban J connectivity index is 2.20. The molecule has 2 aromatic rings. The summed E-state index contributed by atoms with van der Waals surface area (Å²) in [6, 6.07) is 0.907. The van der Waals surface area contributed by atoms with Gasteiger partial charge in [0, 0.05) is 17.1 Å². The van der Waals surface area contributed by atoms with Gasteiger partial charge in [0.05, 0.1) is 17.7 Å². The number of halogens is 3. The second-order valence-electron chi connectivity index (χ2n) is 4.70. The summed E-state index contributed by atoms with van der Waals surface area (Å²) in [5.74, 6) is -4.06. The summed E-state index contributed by atoms with van der Waals surface area (Å²) in [6.45, 7) is 3.35. The quantitative estimate of drug-likeness (QED) is 0.832. The average molecular weight is 316 g/mol. The van der Waals surface area contributed by atoms with Gasteiger partial charge in [0.1, 0.15) is 0 Å². The number of benzene rings is 1. The van der Waals surface area contributed by atoms with Gasteiger partial charge in [-0.25, -0.2) is 18.2 Å². The Morgan fingerprint density at radius 3 is 2.38 bits per heavy atom. The summed E-state index contributed by atoms with van der Waals surface area (Å²) in [5, 5.41) is 13.4. The highest BCUT2D eigenvalue weighted by Gasteiger charge is 2.19. The van der Waals surface area contributed by atoms with Crippen molar-refractivity contribution < 1.29 is 18.3 Å². The highest BCUT2D eigenvalue weighted by Crippen LogP contribution is 2.25. The highest BCUT2D eigenvalue weighted by atomic mass is 32.1. The molecule has 1 aromatic carbocycles. The highest BCUT2D eigenvalue weighted by molar-refractivity contribution is 7.11. The van der Waals surface area contributed by atoms with Crippen LogP contribution in [0.25, 0.3) is 0 Å². The molecule has 2 rings (SSSR count). The van der Waals surface area contributed by atoms with E-state index in [1.807, 2.05) is 13.8 Å². The molecule has 0 fully saturated rings. The molecular weight excluding hydrogens is 301 g/mol. The molecule has 1 heterocycles. The van der Waals surface area contributed by atoms with Crippen molar-refractivity contribution in [3.8, 4) is 0 Å². The number of aliphatic hydroxyl groups is 1. The fourth-order valence-corrected chi connectivity index (χ4v) is 2.79. The number of aliphatic hydroxyl groups excluding tert-OH is 1. The van der Waals surface area contributed by atoms with Gasteiger partial charge in [-0.2, -0.15) is 0 Å².